The number of ether oxygens (including phenoxy) is 1. The molecule has 1 rings (SSSR count). The summed E-state index contributed by atoms with van der Waals surface area (Å²) in [6, 6.07) is 0. The smallest absolute Gasteiger partial charge is 0.138 e. The highest BCUT2D eigenvalue weighted by atomic mass is 16.5. The minimum absolute atomic E-state index is 0.145. The van der Waals surface area contributed by atoms with E-state index in [4.69, 9.17) is 4.74 Å². The van der Waals surface area contributed by atoms with E-state index in [-0.39, 0.29) is 5.41 Å². The number of hydrogen-bond acceptors (Lipinski definition) is 3. The van der Waals surface area contributed by atoms with Crippen LogP contribution in [0.3, 0.4) is 0 Å². The summed E-state index contributed by atoms with van der Waals surface area (Å²) in [5.74, 6) is 0. The third-order valence-corrected chi connectivity index (χ3v) is 2.78. The molecule has 0 bridgehead atoms. The van der Waals surface area contributed by atoms with E-state index in [2.05, 4.69) is 19.1 Å². The third kappa shape index (κ3) is 1.75. The Morgan fingerprint density at radius 1 is 1.50 bits per heavy atom. The first-order chi connectivity index (χ1) is 5.76. The summed E-state index contributed by atoms with van der Waals surface area (Å²) in [4.78, 5) is 10.3. The van der Waals surface area contributed by atoms with E-state index in [1.165, 1.54) is 5.01 Å². The molecule has 0 saturated carbocycles. The molecule has 4 nitrogen and oxygen atoms in total. The molecule has 0 N–H and O–H groups in total. The zero-order chi connectivity index (χ0) is 9.03. The Bertz CT molecular complexity index is 157. The Kier molecular flexibility index (Phi) is 3.03. The Balaban J connectivity index is 2.58. The van der Waals surface area contributed by atoms with Crippen LogP contribution in [0.15, 0.2) is 5.29 Å². The number of nitroso groups, excluding NO2 is 1. The molecule has 1 heterocycles. The van der Waals surface area contributed by atoms with Gasteiger partial charge in [-0.15, -0.1) is 4.91 Å². The highest BCUT2D eigenvalue weighted by Crippen LogP contribution is 2.30. The summed E-state index contributed by atoms with van der Waals surface area (Å²) >= 11 is 0. The topological polar surface area (TPSA) is 41.9 Å². The maximum atomic E-state index is 10.3. The molecule has 0 amide bonds. The number of rotatable bonds is 3. The van der Waals surface area contributed by atoms with Crippen molar-refractivity contribution in [2.45, 2.75) is 26.7 Å². The van der Waals surface area contributed by atoms with Gasteiger partial charge < -0.3 is 4.74 Å². The average Bonchev–Trinajstić information content (AvgIpc) is 2.18. The monoisotopic (exact) mass is 172 g/mol. The molecule has 70 valence electrons. The summed E-state index contributed by atoms with van der Waals surface area (Å²) in [6.07, 6.45) is 2.07. The van der Waals surface area contributed by atoms with Gasteiger partial charge in [0.05, 0.1) is 11.9 Å². The Morgan fingerprint density at radius 2 is 2.17 bits per heavy atom. The van der Waals surface area contributed by atoms with Gasteiger partial charge in [0.15, 0.2) is 0 Å². The maximum Gasteiger partial charge on any atom is 0.138 e. The van der Waals surface area contributed by atoms with Crippen LogP contribution in [0.5, 0.6) is 0 Å². The molecule has 0 atom stereocenters. The van der Waals surface area contributed by atoms with E-state index in [1.807, 2.05) is 0 Å². The minimum Gasteiger partial charge on any atom is -0.359 e. The van der Waals surface area contributed by atoms with Crippen LogP contribution in [-0.2, 0) is 4.74 Å². The van der Waals surface area contributed by atoms with Crippen LogP contribution in [0.2, 0.25) is 0 Å². The number of nitrogens with zero attached hydrogens (tertiary/aromatic N) is 2. The SMILES string of the molecule is CCC1(CC)COCN(N=O)C1. The second-order valence-electron chi connectivity index (χ2n) is 3.43. The molecule has 12 heavy (non-hydrogen) atoms. The molecular weight excluding hydrogens is 156 g/mol. The van der Waals surface area contributed by atoms with Crippen LogP contribution in [0.25, 0.3) is 0 Å². The fourth-order valence-electron chi connectivity index (χ4n) is 1.58. The van der Waals surface area contributed by atoms with Crippen molar-refractivity contribution in [2.24, 2.45) is 10.7 Å². The Hall–Kier alpha value is -0.640. The highest BCUT2D eigenvalue weighted by molar-refractivity contribution is 4.81. The molecule has 0 spiro atoms. The van der Waals surface area contributed by atoms with Crippen LogP contribution in [0.4, 0.5) is 0 Å². The van der Waals surface area contributed by atoms with Gasteiger partial charge in [-0.2, -0.15) is 0 Å². The molecule has 1 aliphatic heterocycles. The van der Waals surface area contributed by atoms with Crippen LogP contribution in [0.1, 0.15) is 26.7 Å². The van der Waals surface area contributed by atoms with Crippen molar-refractivity contribution in [3.8, 4) is 0 Å². The molecule has 4 heteroatoms. The zero-order valence-electron chi connectivity index (χ0n) is 7.75. The average molecular weight is 172 g/mol. The van der Waals surface area contributed by atoms with E-state index < -0.39 is 0 Å². The van der Waals surface area contributed by atoms with E-state index in [0.29, 0.717) is 6.73 Å². The van der Waals surface area contributed by atoms with Gasteiger partial charge in [-0.05, 0) is 12.8 Å². The standard InChI is InChI=1S/C8H16N2O2/c1-3-8(4-2)5-10(9-11)7-12-6-8/h3-7H2,1-2H3. The second-order valence-corrected chi connectivity index (χ2v) is 3.43. The van der Waals surface area contributed by atoms with Crippen molar-refractivity contribution in [2.75, 3.05) is 19.9 Å². The van der Waals surface area contributed by atoms with E-state index in [0.717, 1.165) is 26.0 Å². The van der Waals surface area contributed by atoms with Crippen LogP contribution in [-0.4, -0.2) is 24.9 Å². The number of hydrogen-bond donors (Lipinski definition) is 0. The van der Waals surface area contributed by atoms with Gasteiger partial charge >= 0.3 is 0 Å². The van der Waals surface area contributed by atoms with Gasteiger partial charge in [0.1, 0.15) is 6.73 Å². The second kappa shape index (κ2) is 3.85. The van der Waals surface area contributed by atoms with Crippen LogP contribution >= 0.6 is 0 Å². The minimum atomic E-state index is 0.145. The predicted octanol–water partition coefficient (Wildman–Crippen LogP) is 1.76. The fourth-order valence-corrected chi connectivity index (χ4v) is 1.58. The molecular formula is C8H16N2O2. The Morgan fingerprint density at radius 3 is 2.67 bits per heavy atom. The molecule has 0 radical (unpaired) electrons. The van der Waals surface area contributed by atoms with Gasteiger partial charge in [0.2, 0.25) is 0 Å². The molecule has 0 unspecified atom stereocenters. The van der Waals surface area contributed by atoms with Crippen molar-refractivity contribution in [3.63, 3.8) is 0 Å². The summed E-state index contributed by atoms with van der Waals surface area (Å²) in [5, 5.41) is 4.35. The quantitative estimate of drug-likeness (QED) is 0.609. The van der Waals surface area contributed by atoms with Crippen molar-refractivity contribution >= 4 is 0 Å². The van der Waals surface area contributed by atoms with Crippen molar-refractivity contribution in [3.05, 3.63) is 4.91 Å². The summed E-state index contributed by atoms with van der Waals surface area (Å²) in [7, 11) is 0. The summed E-state index contributed by atoms with van der Waals surface area (Å²) in [6.45, 7) is 6.10. The van der Waals surface area contributed by atoms with Crippen molar-refractivity contribution in [1.29, 1.82) is 0 Å². The third-order valence-electron chi connectivity index (χ3n) is 2.78. The van der Waals surface area contributed by atoms with E-state index in [9.17, 15) is 4.91 Å². The van der Waals surface area contributed by atoms with Crippen molar-refractivity contribution in [1.82, 2.24) is 5.01 Å². The summed E-state index contributed by atoms with van der Waals surface area (Å²) < 4.78 is 5.30. The molecule has 0 aromatic carbocycles. The zero-order valence-corrected chi connectivity index (χ0v) is 7.75. The molecule has 0 aromatic heterocycles. The van der Waals surface area contributed by atoms with Gasteiger partial charge in [0.25, 0.3) is 0 Å². The van der Waals surface area contributed by atoms with Gasteiger partial charge in [-0.3, -0.25) is 0 Å². The predicted molar refractivity (Wildman–Crippen MR) is 46.3 cm³/mol. The largest absolute Gasteiger partial charge is 0.359 e. The molecule has 1 saturated heterocycles. The van der Waals surface area contributed by atoms with E-state index >= 15 is 0 Å². The van der Waals surface area contributed by atoms with E-state index in [1.54, 1.807) is 0 Å². The molecule has 1 aliphatic rings. The van der Waals surface area contributed by atoms with Gasteiger partial charge in [-0.1, -0.05) is 13.8 Å². The fraction of sp³-hybridized carbons (Fsp3) is 1.00. The molecule has 1 fully saturated rings. The maximum absolute atomic E-state index is 10.3. The van der Waals surface area contributed by atoms with Crippen LogP contribution < -0.4 is 0 Å². The normalized spacial score (nSPS) is 22.3. The Labute approximate surface area is 72.8 Å². The van der Waals surface area contributed by atoms with Crippen molar-refractivity contribution < 1.29 is 4.74 Å². The highest BCUT2D eigenvalue weighted by Gasteiger charge is 2.33. The van der Waals surface area contributed by atoms with Gasteiger partial charge in [0, 0.05) is 12.0 Å². The van der Waals surface area contributed by atoms with Crippen LogP contribution in [0, 0.1) is 10.3 Å². The first-order valence-electron chi connectivity index (χ1n) is 4.42. The first-order valence-corrected chi connectivity index (χ1v) is 4.42. The first kappa shape index (κ1) is 9.45. The lowest BCUT2D eigenvalue weighted by Crippen LogP contribution is -2.44. The lowest BCUT2D eigenvalue weighted by atomic mass is 9.82. The molecule has 0 aliphatic carbocycles. The lowest BCUT2D eigenvalue weighted by Gasteiger charge is -2.38. The van der Waals surface area contributed by atoms with Gasteiger partial charge in [-0.25, -0.2) is 5.01 Å². The molecule has 0 aromatic rings. The lowest BCUT2D eigenvalue weighted by molar-refractivity contribution is -0.0948. The summed E-state index contributed by atoms with van der Waals surface area (Å²) in [5.41, 5.74) is 0.145.